The molecule has 0 saturated heterocycles. The summed E-state index contributed by atoms with van der Waals surface area (Å²) < 4.78 is 28.4. The predicted molar refractivity (Wildman–Crippen MR) is 60.1 cm³/mol. The van der Waals surface area contributed by atoms with Gasteiger partial charge in [0.1, 0.15) is 20.0 Å². The second-order valence-electron chi connectivity index (χ2n) is 3.95. The van der Waals surface area contributed by atoms with Crippen molar-refractivity contribution in [2.45, 2.75) is 26.3 Å². The molecular formula is C9H19ClF2N2O2. The SMILES string of the molecule is CC(C)(C)N(CCF)NC(=O)OCCF.Cl. The summed E-state index contributed by atoms with van der Waals surface area (Å²) in [5, 5.41) is 1.41. The first-order valence-electron chi connectivity index (χ1n) is 4.74. The summed E-state index contributed by atoms with van der Waals surface area (Å²) in [6.45, 7) is 3.91. The van der Waals surface area contributed by atoms with Crippen molar-refractivity contribution in [1.82, 2.24) is 10.4 Å². The lowest BCUT2D eigenvalue weighted by molar-refractivity contribution is 0.0472. The van der Waals surface area contributed by atoms with Crippen molar-refractivity contribution in [3.63, 3.8) is 0 Å². The molecule has 0 aromatic heterocycles. The Bertz CT molecular complexity index is 200. The Balaban J connectivity index is 0. The molecule has 0 radical (unpaired) electrons. The molecule has 7 heteroatoms. The van der Waals surface area contributed by atoms with Crippen molar-refractivity contribution in [2.75, 3.05) is 26.5 Å². The quantitative estimate of drug-likeness (QED) is 0.770. The average molecular weight is 261 g/mol. The number of hydrogen-bond donors (Lipinski definition) is 1. The molecule has 1 N–H and O–H groups in total. The van der Waals surface area contributed by atoms with Gasteiger partial charge in [0.05, 0.1) is 0 Å². The Morgan fingerprint density at radius 2 is 1.88 bits per heavy atom. The number of carbonyl (C=O) groups is 1. The molecule has 0 bridgehead atoms. The lowest BCUT2D eigenvalue weighted by Crippen LogP contribution is -2.53. The van der Waals surface area contributed by atoms with Crippen LogP contribution in [0.15, 0.2) is 0 Å². The molecule has 1 amide bonds. The molecule has 0 heterocycles. The van der Waals surface area contributed by atoms with E-state index in [4.69, 9.17) is 0 Å². The standard InChI is InChI=1S/C9H18F2N2O2.ClH/c1-9(2,3)13(6-4-10)12-8(14)15-7-5-11;/h4-7H2,1-3H3,(H,12,14);1H. The van der Waals surface area contributed by atoms with Crippen LogP contribution in [0.1, 0.15) is 20.8 Å². The van der Waals surface area contributed by atoms with E-state index in [0.717, 1.165) is 0 Å². The Morgan fingerprint density at radius 3 is 2.25 bits per heavy atom. The van der Waals surface area contributed by atoms with Crippen LogP contribution in [0.25, 0.3) is 0 Å². The zero-order valence-corrected chi connectivity index (χ0v) is 10.6. The molecule has 0 aromatic carbocycles. The third kappa shape index (κ3) is 7.64. The van der Waals surface area contributed by atoms with E-state index in [1.807, 2.05) is 20.8 Å². The van der Waals surface area contributed by atoms with Crippen molar-refractivity contribution < 1.29 is 18.3 Å². The van der Waals surface area contributed by atoms with Crippen LogP contribution in [-0.2, 0) is 4.74 Å². The van der Waals surface area contributed by atoms with Crippen LogP contribution >= 0.6 is 12.4 Å². The summed E-state index contributed by atoms with van der Waals surface area (Å²) in [5.74, 6) is 0. The number of halogens is 3. The van der Waals surface area contributed by atoms with E-state index in [-0.39, 0.29) is 25.6 Å². The van der Waals surface area contributed by atoms with Crippen LogP contribution in [0, 0.1) is 0 Å². The average Bonchev–Trinajstić information content (AvgIpc) is 2.12. The van der Waals surface area contributed by atoms with Gasteiger partial charge in [0.2, 0.25) is 0 Å². The molecule has 0 aliphatic carbocycles. The van der Waals surface area contributed by atoms with Gasteiger partial charge >= 0.3 is 6.09 Å². The maximum atomic E-state index is 12.2. The van der Waals surface area contributed by atoms with Gasteiger partial charge in [0.15, 0.2) is 0 Å². The molecule has 0 unspecified atom stereocenters. The normalized spacial score (nSPS) is 10.9. The van der Waals surface area contributed by atoms with E-state index in [1.54, 1.807) is 0 Å². The van der Waals surface area contributed by atoms with Crippen LogP contribution in [0.2, 0.25) is 0 Å². The van der Waals surface area contributed by atoms with Gasteiger partial charge in [-0.2, -0.15) is 0 Å². The minimum Gasteiger partial charge on any atom is -0.446 e. The topological polar surface area (TPSA) is 41.6 Å². The van der Waals surface area contributed by atoms with E-state index in [9.17, 15) is 13.6 Å². The van der Waals surface area contributed by atoms with Crippen molar-refractivity contribution in [3.05, 3.63) is 0 Å². The van der Waals surface area contributed by atoms with E-state index in [1.165, 1.54) is 5.01 Å². The van der Waals surface area contributed by atoms with Crippen LogP contribution in [0.3, 0.4) is 0 Å². The largest absolute Gasteiger partial charge is 0.446 e. The maximum Gasteiger partial charge on any atom is 0.421 e. The van der Waals surface area contributed by atoms with Gasteiger partial charge in [-0.25, -0.2) is 18.6 Å². The van der Waals surface area contributed by atoms with Crippen LogP contribution in [-0.4, -0.2) is 43.1 Å². The van der Waals surface area contributed by atoms with Gasteiger partial charge in [-0.05, 0) is 20.8 Å². The highest BCUT2D eigenvalue weighted by Gasteiger charge is 2.23. The number of hydrogen-bond acceptors (Lipinski definition) is 3. The zero-order valence-electron chi connectivity index (χ0n) is 9.76. The van der Waals surface area contributed by atoms with E-state index in [0.29, 0.717) is 0 Å². The molecule has 0 aliphatic heterocycles. The summed E-state index contributed by atoms with van der Waals surface area (Å²) >= 11 is 0. The molecule has 16 heavy (non-hydrogen) atoms. The summed E-state index contributed by atoms with van der Waals surface area (Å²) in [7, 11) is 0. The lowest BCUT2D eigenvalue weighted by Gasteiger charge is -2.34. The first-order chi connectivity index (χ1) is 6.91. The molecule has 0 rings (SSSR count). The van der Waals surface area contributed by atoms with E-state index in [2.05, 4.69) is 10.2 Å². The fraction of sp³-hybridized carbons (Fsp3) is 0.889. The van der Waals surface area contributed by atoms with E-state index < -0.39 is 25.0 Å². The number of hydrazine groups is 1. The maximum absolute atomic E-state index is 12.2. The Morgan fingerprint density at radius 1 is 1.31 bits per heavy atom. The first kappa shape index (κ1) is 17.8. The first-order valence-corrected chi connectivity index (χ1v) is 4.74. The molecule has 0 fully saturated rings. The monoisotopic (exact) mass is 260 g/mol. The predicted octanol–water partition coefficient (Wildman–Crippen LogP) is 2.09. The number of ether oxygens (including phenoxy) is 1. The number of nitrogens with zero attached hydrogens (tertiary/aromatic N) is 1. The summed E-state index contributed by atoms with van der Waals surface area (Å²) in [6, 6.07) is 0. The van der Waals surface area contributed by atoms with Crippen molar-refractivity contribution in [3.8, 4) is 0 Å². The highest BCUT2D eigenvalue weighted by atomic mass is 35.5. The van der Waals surface area contributed by atoms with Gasteiger partial charge in [0.25, 0.3) is 0 Å². The zero-order chi connectivity index (χ0) is 11.9. The molecule has 0 aliphatic rings. The molecule has 4 nitrogen and oxygen atoms in total. The summed E-state index contributed by atoms with van der Waals surface area (Å²) in [4.78, 5) is 11.1. The van der Waals surface area contributed by atoms with Crippen molar-refractivity contribution >= 4 is 18.5 Å². The van der Waals surface area contributed by atoms with E-state index >= 15 is 0 Å². The highest BCUT2D eigenvalue weighted by Crippen LogP contribution is 2.09. The minimum atomic E-state index is -0.768. The van der Waals surface area contributed by atoms with Gasteiger partial charge in [-0.15, -0.1) is 12.4 Å². The third-order valence-corrected chi connectivity index (χ3v) is 1.65. The van der Waals surface area contributed by atoms with Crippen LogP contribution < -0.4 is 5.43 Å². The van der Waals surface area contributed by atoms with Crippen molar-refractivity contribution in [1.29, 1.82) is 0 Å². The lowest BCUT2D eigenvalue weighted by atomic mass is 10.1. The van der Waals surface area contributed by atoms with Gasteiger partial charge in [0, 0.05) is 12.1 Å². The Kier molecular flexibility index (Phi) is 9.46. The van der Waals surface area contributed by atoms with Gasteiger partial charge < -0.3 is 4.74 Å². The van der Waals surface area contributed by atoms with Crippen LogP contribution in [0.5, 0.6) is 0 Å². The number of nitrogens with one attached hydrogen (secondary N) is 1. The Labute approximate surface area is 101 Å². The minimum absolute atomic E-state index is 0. The van der Waals surface area contributed by atoms with Gasteiger partial charge in [-0.3, -0.25) is 5.43 Å². The molecule has 0 atom stereocenters. The third-order valence-electron chi connectivity index (χ3n) is 1.65. The van der Waals surface area contributed by atoms with Crippen LogP contribution in [0.4, 0.5) is 13.6 Å². The van der Waals surface area contributed by atoms with Gasteiger partial charge in [-0.1, -0.05) is 0 Å². The smallest absolute Gasteiger partial charge is 0.421 e. The number of alkyl halides is 2. The molecule has 0 spiro atoms. The molecule has 0 saturated carbocycles. The number of amides is 1. The number of carbonyl (C=O) groups excluding carboxylic acids is 1. The fourth-order valence-electron chi connectivity index (χ4n) is 0.917. The van der Waals surface area contributed by atoms with Crippen molar-refractivity contribution in [2.24, 2.45) is 0 Å². The highest BCUT2D eigenvalue weighted by molar-refractivity contribution is 5.85. The fourth-order valence-corrected chi connectivity index (χ4v) is 0.917. The summed E-state index contributed by atoms with van der Waals surface area (Å²) in [5.41, 5.74) is 1.94. The molecule has 98 valence electrons. The second-order valence-corrected chi connectivity index (χ2v) is 3.95. The second kappa shape index (κ2) is 8.52. The Hall–Kier alpha value is -0.620. The molecular weight excluding hydrogens is 242 g/mol. The number of rotatable bonds is 5. The molecule has 0 aromatic rings. The summed E-state index contributed by atoms with van der Waals surface area (Å²) in [6.07, 6.45) is -0.768.